The summed E-state index contributed by atoms with van der Waals surface area (Å²) in [5.41, 5.74) is 4.51. The summed E-state index contributed by atoms with van der Waals surface area (Å²) < 4.78 is 12.3. The summed E-state index contributed by atoms with van der Waals surface area (Å²) in [6.07, 6.45) is 9.21. The van der Waals surface area contributed by atoms with Gasteiger partial charge in [-0.1, -0.05) is 25.3 Å². The number of carboxylic acid groups (broad SMARTS) is 1. The maximum Gasteiger partial charge on any atom is 0.337 e. The van der Waals surface area contributed by atoms with Gasteiger partial charge in [0.2, 0.25) is 0 Å². The number of furan rings is 1. The molecule has 152 valence electrons. The average Bonchev–Trinajstić information content (AvgIpc) is 3.37. The predicted molar refractivity (Wildman–Crippen MR) is 109 cm³/mol. The summed E-state index contributed by atoms with van der Waals surface area (Å²) in [6, 6.07) is 7.51. The minimum absolute atomic E-state index is 0.00118. The molecule has 0 saturated heterocycles. The molecule has 0 atom stereocenters. The molecule has 0 radical (unpaired) electrons. The number of aliphatic carboxylic acids is 1. The van der Waals surface area contributed by atoms with E-state index in [1.807, 2.05) is 22.8 Å². The summed E-state index contributed by atoms with van der Waals surface area (Å²) in [5, 5.41) is 10.4. The molecule has 0 aliphatic heterocycles. The molecule has 0 unspecified atom stereocenters. The van der Waals surface area contributed by atoms with E-state index in [4.69, 9.17) is 9.15 Å². The van der Waals surface area contributed by atoms with Crippen molar-refractivity contribution in [2.45, 2.75) is 51.0 Å². The average molecular weight is 395 g/mol. The van der Waals surface area contributed by atoms with Crippen LogP contribution in [0, 0.1) is 0 Å². The highest BCUT2D eigenvalue weighted by molar-refractivity contribution is 5.98. The first-order valence-corrected chi connectivity index (χ1v) is 10.1. The summed E-state index contributed by atoms with van der Waals surface area (Å²) in [6.45, 7) is 0.323. The van der Waals surface area contributed by atoms with Crippen molar-refractivity contribution >= 4 is 22.8 Å². The summed E-state index contributed by atoms with van der Waals surface area (Å²) in [4.78, 5) is 23.4. The number of benzene rings is 1. The molecule has 29 heavy (non-hydrogen) atoms. The maximum atomic E-state index is 12.1. The van der Waals surface area contributed by atoms with Crippen LogP contribution in [0.4, 0.5) is 0 Å². The minimum Gasteiger partial charge on any atom is -0.481 e. The van der Waals surface area contributed by atoms with Gasteiger partial charge < -0.3 is 18.8 Å². The van der Waals surface area contributed by atoms with Gasteiger partial charge in [0.1, 0.15) is 0 Å². The Morgan fingerprint density at radius 1 is 1.21 bits per heavy atom. The van der Waals surface area contributed by atoms with Crippen LogP contribution in [-0.2, 0) is 16.1 Å². The summed E-state index contributed by atoms with van der Waals surface area (Å²) in [5.74, 6) is -0.846. The van der Waals surface area contributed by atoms with Gasteiger partial charge in [0.05, 0.1) is 37.3 Å². The Bertz CT molecular complexity index is 1030. The molecule has 1 fully saturated rings. The Morgan fingerprint density at radius 3 is 2.66 bits per heavy atom. The van der Waals surface area contributed by atoms with Crippen LogP contribution in [0.2, 0.25) is 0 Å². The van der Waals surface area contributed by atoms with Crippen molar-refractivity contribution in [3.8, 4) is 11.3 Å². The van der Waals surface area contributed by atoms with E-state index >= 15 is 0 Å². The van der Waals surface area contributed by atoms with Crippen LogP contribution < -0.4 is 0 Å². The van der Waals surface area contributed by atoms with E-state index in [-0.39, 0.29) is 6.42 Å². The number of hydrogen-bond donors (Lipinski definition) is 1. The second kappa shape index (κ2) is 8.15. The number of ether oxygens (including phenoxy) is 1. The number of aryl methyl sites for hydroxylation is 1. The van der Waals surface area contributed by atoms with Crippen molar-refractivity contribution in [2.24, 2.45) is 0 Å². The Labute approximate surface area is 169 Å². The highest BCUT2D eigenvalue weighted by atomic mass is 16.5. The number of nitrogens with zero attached hydrogens (tertiary/aromatic N) is 1. The number of rotatable bonds is 6. The lowest BCUT2D eigenvalue weighted by molar-refractivity contribution is -0.137. The molecule has 2 aromatic heterocycles. The predicted octanol–water partition coefficient (Wildman–Crippen LogP) is 5.21. The van der Waals surface area contributed by atoms with Crippen molar-refractivity contribution < 1.29 is 23.8 Å². The fourth-order valence-corrected chi connectivity index (χ4v) is 4.58. The van der Waals surface area contributed by atoms with E-state index in [1.54, 1.807) is 18.6 Å². The molecule has 2 heterocycles. The molecule has 0 bridgehead atoms. The van der Waals surface area contributed by atoms with E-state index < -0.39 is 11.9 Å². The Morgan fingerprint density at radius 2 is 2.00 bits per heavy atom. The summed E-state index contributed by atoms with van der Waals surface area (Å²) in [7, 11) is 1.36. The monoisotopic (exact) mass is 395 g/mol. The SMILES string of the molecule is COC(=O)c1ccc2c(C3CCCCC3)c(-c3ccoc3)n(CCC(=O)O)c2c1. The molecule has 1 aliphatic rings. The van der Waals surface area contributed by atoms with Crippen LogP contribution in [0.15, 0.2) is 41.2 Å². The third-order valence-electron chi connectivity index (χ3n) is 5.88. The number of esters is 1. The number of aromatic nitrogens is 1. The fourth-order valence-electron chi connectivity index (χ4n) is 4.58. The Balaban J connectivity index is 1.98. The van der Waals surface area contributed by atoms with Gasteiger partial charge in [-0.2, -0.15) is 0 Å². The van der Waals surface area contributed by atoms with Crippen LogP contribution in [-0.4, -0.2) is 28.7 Å². The van der Waals surface area contributed by atoms with Gasteiger partial charge in [-0.15, -0.1) is 0 Å². The van der Waals surface area contributed by atoms with Crippen LogP contribution in [0.1, 0.15) is 60.4 Å². The zero-order valence-corrected chi connectivity index (χ0v) is 16.5. The van der Waals surface area contributed by atoms with Crippen LogP contribution in [0.5, 0.6) is 0 Å². The molecular weight excluding hydrogens is 370 g/mol. The molecule has 4 rings (SSSR count). The lowest BCUT2D eigenvalue weighted by Gasteiger charge is -2.23. The number of methoxy groups -OCH3 is 1. The largest absolute Gasteiger partial charge is 0.481 e. The number of carbonyl (C=O) groups is 2. The number of fused-ring (bicyclic) bond motifs is 1. The molecule has 1 aliphatic carbocycles. The highest BCUT2D eigenvalue weighted by Gasteiger charge is 2.27. The first-order chi connectivity index (χ1) is 14.1. The molecule has 6 heteroatoms. The number of carbonyl (C=O) groups excluding carboxylic acids is 1. The van der Waals surface area contributed by atoms with E-state index in [0.717, 1.165) is 35.0 Å². The molecule has 1 N–H and O–H groups in total. The Hall–Kier alpha value is -3.02. The van der Waals surface area contributed by atoms with Crippen molar-refractivity contribution in [1.82, 2.24) is 4.57 Å². The van der Waals surface area contributed by atoms with Crippen molar-refractivity contribution in [2.75, 3.05) is 7.11 Å². The van der Waals surface area contributed by atoms with Gasteiger partial charge in [-0.25, -0.2) is 4.79 Å². The third kappa shape index (κ3) is 3.67. The second-order valence-electron chi connectivity index (χ2n) is 7.63. The second-order valence-corrected chi connectivity index (χ2v) is 7.63. The van der Waals surface area contributed by atoms with Gasteiger partial charge in [0.15, 0.2) is 0 Å². The molecule has 1 aromatic carbocycles. The zero-order chi connectivity index (χ0) is 20.4. The first kappa shape index (κ1) is 19.3. The van der Waals surface area contributed by atoms with Gasteiger partial charge in [0, 0.05) is 23.0 Å². The van der Waals surface area contributed by atoms with Crippen LogP contribution in [0.3, 0.4) is 0 Å². The maximum absolute atomic E-state index is 12.1. The number of carboxylic acids is 1. The van der Waals surface area contributed by atoms with E-state index in [9.17, 15) is 14.7 Å². The molecule has 3 aromatic rings. The van der Waals surface area contributed by atoms with E-state index in [1.165, 1.54) is 31.9 Å². The lowest BCUT2D eigenvalue weighted by Crippen LogP contribution is -2.09. The molecule has 0 spiro atoms. The van der Waals surface area contributed by atoms with Crippen molar-refractivity contribution in [3.63, 3.8) is 0 Å². The van der Waals surface area contributed by atoms with Gasteiger partial charge >= 0.3 is 11.9 Å². The zero-order valence-electron chi connectivity index (χ0n) is 16.5. The highest BCUT2D eigenvalue weighted by Crippen LogP contribution is 2.44. The summed E-state index contributed by atoms with van der Waals surface area (Å²) >= 11 is 0. The van der Waals surface area contributed by atoms with Gasteiger partial charge in [-0.05, 0) is 42.5 Å². The minimum atomic E-state index is -0.853. The topological polar surface area (TPSA) is 81.7 Å². The van der Waals surface area contributed by atoms with Crippen molar-refractivity contribution in [1.29, 1.82) is 0 Å². The van der Waals surface area contributed by atoms with E-state index in [0.29, 0.717) is 18.0 Å². The molecule has 6 nitrogen and oxygen atoms in total. The standard InChI is InChI=1S/C23H25NO5/c1-28-23(27)16-7-8-18-19(13-16)24(11-9-20(25)26)22(17-10-12-29-14-17)21(18)15-5-3-2-4-6-15/h7-8,10,12-15H,2-6,9,11H2,1H3,(H,25,26). The number of hydrogen-bond acceptors (Lipinski definition) is 4. The fraction of sp³-hybridized carbons (Fsp3) is 0.391. The van der Waals surface area contributed by atoms with Crippen molar-refractivity contribution in [3.05, 3.63) is 47.9 Å². The van der Waals surface area contributed by atoms with Crippen LogP contribution in [0.25, 0.3) is 22.2 Å². The normalized spacial score (nSPS) is 14.9. The molecule has 0 amide bonds. The van der Waals surface area contributed by atoms with Gasteiger partial charge in [-0.3, -0.25) is 4.79 Å². The molecule has 1 saturated carbocycles. The van der Waals surface area contributed by atoms with E-state index in [2.05, 4.69) is 0 Å². The van der Waals surface area contributed by atoms with Crippen LogP contribution >= 0.6 is 0 Å². The first-order valence-electron chi connectivity index (χ1n) is 10.1. The van der Waals surface area contributed by atoms with Gasteiger partial charge in [0.25, 0.3) is 0 Å². The molecular formula is C23H25NO5. The third-order valence-corrected chi connectivity index (χ3v) is 5.88. The Kier molecular flexibility index (Phi) is 5.43. The quantitative estimate of drug-likeness (QED) is 0.579. The lowest BCUT2D eigenvalue weighted by atomic mass is 9.82. The smallest absolute Gasteiger partial charge is 0.337 e.